The Hall–Kier alpha value is -1.13. The molecule has 0 bridgehead atoms. The smallest absolute Gasteiger partial charge is 0.0678 e. The summed E-state index contributed by atoms with van der Waals surface area (Å²) in [6.45, 7) is 8.43. The van der Waals surface area contributed by atoms with Crippen molar-refractivity contribution in [2.75, 3.05) is 6.54 Å². The van der Waals surface area contributed by atoms with Crippen LogP contribution in [0.5, 0.6) is 0 Å². The van der Waals surface area contributed by atoms with Crippen LogP contribution in [0.3, 0.4) is 0 Å². The molecular formula is C16H22BrN3. The minimum atomic E-state index is 0.895. The van der Waals surface area contributed by atoms with Gasteiger partial charge < -0.3 is 5.32 Å². The van der Waals surface area contributed by atoms with E-state index in [1.807, 2.05) is 6.20 Å². The highest BCUT2D eigenvalue weighted by molar-refractivity contribution is 9.10. The molecule has 0 atom stereocenters. The van der Waals surface area contributed by atoms with Crippen molar-refractivity contribution in [3.05, 3.63) is 45.7 Å². The number of aromatic nitrogens is 2. The zero-order valence-corrected chi connectivity index (χ0v) is 14.0. The first-order valence-electron chi connectivity index (χ1n) is 7.20. The van der Waals surface area contributed by atoms with Gasteiger partial charge in [0.1, 0.15) is 0 Å². The summed E-state index contributed by atoms with van der Waals surface area (Å²) in [6.07, 6.45) is 4.13. The Morgan fingerprint density at radius 1 is 1.30 bits per heavy atom. The van der Waals surface area contributed by atoms with Gasteiger partial charge in [-0.1, -0.05) is 29.8 Å². The fraction of sp³-hybridized carbons (Fsp3) is 0.438. The summed E-state index contributed by atoms with van der Waals surface area (Å²) in [6, 6.07) is 6.32. The summed E-state index contributed by atoms with van der Waals surface area (Å²) in [5, 5.41) is 8.04. The minimum Gasteiger partial charge on any atom is -0.313 e. The number of halogens is 1. The number of hydrogen-bond acceptors (Lipinski definition) is 2. The molecule has 0 aliphatic rings. The molecule has 0 amide bonds. The molecule has 0 aliphatic carbocycles. The number of aryl methyl sites for hydroxylation is 1. The largest absolute Gasteiger partial charge is 0.313 e. The maximum absolute atomic E-state index is 4.59. The first-order valence-corrected chi connectivity index (χ1v) is 7.99. The van der Waals surface area contributed by atoms with Crippen LogP contribution in [0.25, 0.3) is 5.69 Å². The summed E-state index contributed by atoms with van der Waals surface area (Å²) in [5.41, 5.74) is 4.97. The van der Waals surface area contributed by atoms with Crippen LogP contribution in [-0.2, 0) is 13.0 Å². The molecule has 0 radical (unpaired) electrons. The molecule has 2 aromatic rings. The van der Waals surface area contributed by atoms with Crippen LogP contribution >= 0.6 is 15.9 Å². The van der Waals surface area contributed by atoms with Crippen LogP contribution in [-0.4, -0.2) is 16.3 Å². The van der Waals surface area contributed by atoms with Crippen molar-refractivity contribution < 1.29 is 0 Å². The van der Waals surface area contributed by atoms with Gasteiger partial charge in [-0.25, -0.2) is 4.68 Å². The molecule has 1 aromatic heterocycles. The van der Waals surface area contributed by atoms with Gasteiger partial charge in [-0.05, 0) is 50.1 Å². The van der Waals surface area contributed by atoms with E-state index in [1.54, 1.807) is 0 Å². The third kappa shape index (κ3) is 3.30. The molecule has 0 aliphatic heterocycles. The maximum Gasteiger partial charge on any atom is 0.0678 e. The second-order valence-corrected chi connectivity index (χ2v) is 5.91. The molecule has 2 rings (SSSR count). The molecule has 1 N–H and O–H groups in total. The zero-order chi connectivity index (χ0) is 14.5. The van der Waals surface area contributed by atoms with E-state index in [2.05, 4.69) is 70.0 Å². The molecule has 0 saturated heterocycles. The highest BCUT2D eigenvalue weighted by atomic mass is 79.9. The molecule has 3 nitrogen and oxygen atoms in total. The Morgan fingerprint density at radius 2 is 2.10 bits per heavy atom. The molecule has 0 unspecified atom stereocenters. The molecular weight excluding hydrogens is 314 g/mol. The number of rotatable bonds is 6. The van der Waals surface area contributed by atoms with E-state index in [-0.39, 0.29) is 0 Å². The van der Waals surface area contributed by atoms with E-state index in [0.29, 0.717) is 0 Å². The van der Waals surface area contributed by atoms with Crippen molar-refractivity contribution in [2.45, 2.75) is 40.2 Å². The standard InChI is InChI=1S/C16H22BrN3/c1-4-8-18-10-13-11-19-20(15(13)5-2)16-7-6-14(17)9-12(16)3/h6-7,9,11,18H,4-5,8,10H2,1-3H3. The Labute approximate surface area is 129 Å². The van der Waals surface area contributed by atoms with E-state index in [1.165, 1.54) is 16.8 Å². The summed E-state index contributed by atoms with van der Waals surface area (Å²) in [7, 11) is 0. The Morgan fingerprint density at radius 3 is 2.75 bits per heavy atom. The Bertz CT molecular complexity index is 575. The van der Waals surface area contributed by atoms with Gasteiger partial charge in [-0.2, -0.15) is 5.10 Å². The number of benzene rings is 1. The number of hydrogen-bond donors (Lipinski definition) is 1. The summed E-state index contributed by atoms with van der Waals surface area (Å²) >= 11 is 3.51. The zero-order valence-electron chi connectivity index (χ0n) is 12.4. The first-order chi connectivity index (χ1) is 9.67. The molecule has 1 aromatic carbocycles. The summed E-state index contributed by atoms with van der Waals surface area (Å²) in [5.74, 6) is 0. The number of nitrogens with one attached hydrogen (secondary N) is 1. The van der Waals surface area contributed by atoms with Crippen molar-refractivity contribution in [1.82, 2.24) is 15.1 Å². The van der Waals surface area contributed by atoms with Gasteiger partial charge in [0, 0.05) is 22.3 Å². The van der Waals surface area contributed by atoms with E-state index < -0.39 is 0 Å². The SMILES string of the molecule is CCCNCc1cnn(-c2ccc(Br)cc2C)c1CC. The Kier molecular flexibility index (Phi) is 5.38. The molecule has 20 heavy (non-hydrogen) atoms. The lowest BCUT2D eigenvalue weighted by Gasteiger charge is -2.11. The average molecular weight is 336 g/mol. The van der Waals surface area contributed by atoms with E-state index >= 15 is 0 Å². The van der Waals surface area contributed by atoms with Crippen LogP contribution in [0.15, 0.2) is 28.9 Å². The topological polar surface area (TPSA) is 29.9 Å². The maximum atomic E-state index is 4.59. The van der Waals surface area contributed by atoms with Gasteiger partial charge in [0.15, 0.2) is 0 Å². The highest BCUT2D eigenvalue weighted by Crippen LogP contribution is 2.22. The monoisotopic (exact) mass is 335 g/mol. The third-order valence-electron chi connectivity index (χ3n) is 3.42. The normalized spacial score (nSPS) is 11.0. The van der Waals surface area contributed by atoms with Crippen LogP contribution in [0, 0.1) is 6.92 Å². The number of nitrogens with zero attached hydrogens (tertiary/aromatic N) is 2. The molecule has 4 heteroatoms. The van der Waals surface area contributed by atoms with Crippen LogP contribution in [0.1, 0.15) is 37.1 Å². The first kappa shape index (κ1) is 15.3. The quantitative estimate of drug-likeness (QED) is 0.808. The van der Waals surface area contributed by atoms with Crippen molar-refractivity contribution >= 4 is 15.9 Å². The van der Waals surface area contributed by atoms with Crippen LogP contribution in [0.2, 0.25) is 0 Å². The van der Waals surface area contributed by atoms with Crippen LogP contribution < -0.4 is 5.32 Å². The molecule has 0 saturated carbocycles. The van der Waals surface area contributed by atoms with Gasteiger partial charge in [-0.15, -0.1) is 0 Å². The lowest BCUT2D eigenvalue weighted by molar-refractivity contribution is 0.669. The lowest BCUT2D eigenvalue weighted by Crippen LogP contribution is -2.15. The molecule has 1 heterocycles. The predicted octanol–water partition coefficient (Wildman–Crippen LogP) is 4.01. The van der Waals surface area contributed by atoms with Crippen molar-refractivity contribution in [3.8, 4) is 5.69 Å². The van der Waals surface area contributed by atoms with Crippen molar-refractivity contribution in [1.29, 1.82) is 0 Å². The van der Waals surface area contributed by atoms with Gasteiger partial charge in [0.25, 0.3) is 0 Å². The molecule has 0 spiro atoms. The Balaban J connectivity index is 2.32. The molecule has 108 valence electrons. The summed E-state index contributed by atoms with van der Waals surface area (Å²) in [4.78, 5) is 0. The average Bonchev–Trinajstić information content (AvgIpc) is 2.82. The van der Waals surface area contributed by atoms with Gasteiger partial charge in [-0.3, -0.25) is 0 Å². The fourth-order valence-electron chi connectivity index (χ4n) is 2.40. The van der Waals surface area contributed by atoms with Gasteiger partial charge in [0.2, 0.25) is 0 Å². The van der Waals surface area contributed by atoms with E-state index in [4.69, 9.17) is 0 Å². The fourth-order valence-corrected chi connectivity index (χ4v) is 2.87. The van der Waals surface area contributed by atoms with Crippen LogP contribution in [0.4, 0.5) is 0 Å². The molecule has 0 fully saturated rings. The second kappa shape index (κ2) is 7.04. The van der Waals surface area contributed by atoms with Crippen molar-refractivity contribution in [3.63, 3.8) is 0 Å². The minimum absolute atomic E-state index is 0.895. The van der Waals surface area contributed by atoms with E-state index in [0.717, 1.165) is 36.1 Å². The van der Waals surface area contributed by atoms with Crippen molar-refractivity contribution in [2.24, 2.45) is 0 Å². The second-order valence-electron chi connectivity index (χ2n) is 4.99. The highest BCUT2D eigenvalue weighted by Gasteiger charge is 2.12. The summed E-state index contributed by atoms with van der Waals surface area (Å²) < 4.78 is 3.18. The van der Waals surface area contributed by atoms with Gasteiger partial charge in [0.05, 0.1) is 11.9 Å². The van der Waals surface area contributed by atoms with Gasteiger partial charge >= 0.3 is 0 Å². The lowest BCUT2D eigenvalue weighted by atomic mass is 10.1. The third-order valence-corrected chi connectivity index (χ3v) is 3.91. The predicted molar refractivity (Wildman–Crippen MR) is 87.4 cm³/mol. The van der Waals surface area contributed by atoms with E-state index in [9.17, 15) is 0 Å².